The Bertz CT molecular complexity index is 970. The van der Waals surface area contributed by atoms with E-state index in [4.69, 9.17) is 22.4 Å². The molecule has 0 radical (unpaired) electrons. The van der Waals surface area contributed by atoms with Crippen LogP contribution >= 0.6 is 0 Å². The molecule has 12 nitrogen and oxygen atoms in total. The van der Waals surface area contributed by atoms with Gasteiger partial charge in [-0.1, -0.05) is 80.1 Å². The molecule has 0 rings (SSSR count). The van der Waals surface area contributed by atoms with Crippen molar-refractivity contribution in [1.82, 2.24) is 0 Å². The van der Waals surface area contributed by atoms with Crippen molar-refractivity contribution >= 4 is 66.2 Å². The molecule has 0 fully saturated rings. The van der Waals surface area contributed by atoms with E-state index in [1.807, 2.05) is 41.5 Å². The minimum atomic E-state index is -4.04. The van der Waals surface area contributed by atoms with Crippen LogP contribution in [0.1, 0.15) is 237 Å². The van der Waals surface area contributed by atoms with Gasteiger partial charge in [-0.3, -0.25) is 14.4 Å². The van der Waals surface area contributed by atoms with Gasteiger partial charge in [-0.15, -0.1) is 0 Å². The quantitative estimate of drug-likeness (QED) is 0.0548. The average molecular weight is 1080 g/mol. The van der Waals surface area contributed by atoms with Crippen molar-refractivity contribution in [3.8, 4) is 0 Å². The average Bonchev–Trinajstić information content (AvgIpc) is 3.25. The topological polar surface area (TPSA) is 158 Å². The molecule has 0 saturated carbocycles. The SMILES string of the molecule is CCCCC(CC)C(=O)OB(OC(=O)C(CC)CCCC)OC(=O)C(CC)CCCC.CCCCC(CC)C(=O)[O][Bi]([O]C(=O)C(CC)CCCC)[O]C(=O)C(CC)CCCC. The van der Waals surface area contributed by atoms with Crippen molar-refractivity contribution in [1.29, 1.82) is 0 Å². The molecule has 14 heteroatoms. The second kappa shape index (κ2) is 40.3. The van der Waals surface area contributed by atoms with Gasteiger partial charge in [0, 0.05) is 0 Å². The molecule has 0 N–H and O–H groups in total. The van der Waals surface area contributed by atoms with Gasteiger partial charge in [-0.2, -0.15) is 0 Å². The first-order valence-corrected chi connectivity index (χ1v) is 29.1. The van der Waals surface area contributed by atoms with Crippen molar-refractivity contribution in [3.63, 3.8) is 0 Å². The molecule has 0 aliphatic carbocycles. The maximum absolute atomic E-state index is 12.7. The second-order valence-electron chi connectivity index (χ2n) is 16.5. The molecule has 0 spiro atoms. The van der Waals surface area contributed by atoms with E-state index in [9.17, 15) is 28.8 Å². The van der Waals surface area contributed by atoms with Crippen LogP contribution in [0.15, 0.2) is 0 Å². The normalized spacial score (nSPS) is 13.9. The molecule has 62 heavy (non-hydrogen) atoms. The first kappa shape index (κ1) is 61.9. The van der Waals surface area contributed by atoms with E-state index in [1.54, 1.807) is 0 Å². The van der Waals surface area contributed by atoms with Crippen molar-refractivity contribution < 1.29 is 51.2 Å². The summed E-state index contributed by atoms with van der Waals surface area (Å²) in [5.74, 6) is -4.28. The third kappa shape index (κ3) is 27.8. The molecule has 0 amide bonds. The number of carbonyl (C=O) groups is 6. The van der Waals surface area contributed by atoms with E-state index >= 15 is 0 Å². The van der Waals surface area contributed by atoms with Crippen molar-refractivity contribution in [2.45, 2.75) is 237 Å². The first-order valence-electron chi connectivity index (χ1n) is 24.8. The van der Waals surface area contributed by atoms with Gasteiger partial charge < -0.3 is 14.0 Å². The maximum atomic E-state index is 12.7. The van der Waals surface area contributed by atoms with Crippen molar-refractivity contribution in [2.75, 3.05) is 0 Å². The van der Waals surface area contributed by atoms with Gasteiger partial charge in [-0.25, -0.2) is 0 Å². The van der Waals surface area contributed by atoms with Gasteiger partial charge in [0.05, 0.1) is 17.8 Å². The zero-order chi connectivity index (χ0) is 47.3. The fourth-order valence-electron chi connectivity index (χ4n) is 6.78. The number of rotatable bonds is 36. The zero-order valence-corrected chi connectivity index (χ0v) is 44.8. The molecule has 6 unspecified atom stereocenters. The molecule has 0 aliphatic heterocycles. The Balaban J connectivity index is 0. The number of carbonyl (C=O) groups excluding carboxylic acids is 6. The third-order valence-electron chi connectivity index (χ3n) is 11.5. The Morgan fingerprint density at radius 2 is 0.500 bits per heavy atom. The molecule has 0 heterocycles. The predicted molar refractivity (Wildman–Crippen MR) is 248 cm³/mol. The van der Waals surface area contributed by atoms with E-state index in [-0.39, 0.29) is 35.5 Å². The van der Waals surface area contributed by atoms with E-state index < -0.39 is 66.2 Å². The summed E-state index contributed by atoms with van der Waals surface area (Å²) in [5, 5.41) is 0. The van der Waals surface area contributed by atoms with Crippen LogP contribution in [0, 0.1) is 35.5 Å². The zero-order valence-electron chi connectivity index (χ0n) is 41.4. The first-order chi connectivity index (χ1) is 29.7. The molecule has 362 valence electrons. The Kier molecular flexibility index (Phi) is 40.2. The molecule has 0 saturated heterocycles. The Labute approximate surface area is 388 Å². The summed E-state index contributed by atoms with van der Waals surface area (Å²) < 4.78 is 33.1. The van der Waals surface area contributed by atoms with Gasteiger partial charge >= 0.3 is 207 Å². The summed E-state index contributed by atoms with van der Waals surface area (Å²) in [5.41, 5.74) is 0. The van der Waals surface area contributed by atoms with Crippen LogP contribution in [0.5, 0.6) is 0 Å². The summed E-state index contributed by atoms with van der Waals surface area (Å²) >= 11 is -4.04. The fraction of sp³-hybridized carbons (Fsp3) is 0.875. The van der Waals surface area contributed by atoms with Gasteiger partial charge in [0.25, 0.3) is 17.9 Å². The summed E-state index contributed by atoms with van der Waals surface area (Å²) in [4.78, 5) is 76.2. The Hall–Kier alpha value is -2.23. The second-order valence-corrected chi connectivity index (χ2v) is 20.4. The van der Waals surface area contributed by atoms with Crippen LogP contribution in [0.2, 0.25) is 0 Å². The standard InChI is InChI=1S/C24H45BO6.3C8H16O2.Bi/c1-7-13-16-19(10-4)22(26)29-25(30-23(27)20(11-5)17-14-8-2)31-24(28)21(12-6)18-15-9-3;3*1-3-5-6-7(4-2)8(9)10;/h19-21H,7-18H2,1-6H3;3*7H,3-6H2,1-2H3,(H,9,10);/q;;;;+3/p-3. The Morgan fingerprint density at radius 1 is 0.323 bits per heavy atom. The number of hydrogen-bond donors (Lipinski definition) is 0. The molecule has 6 atom stereocenters. The van der Waals surface area contributed by atoms with E-state index in [2.05, 4.69) is 41.5 Å². The molecule has 0 aromatic heterocycles. The van der Waals surface area contributed by atoms with Crippen LogP contribution in [-0.4, -0.2) is 66.2 Å². The summed E-state index contributed by atoms with van der Waals surface area (Å²) in [6, 6.07) is 0. The minimum absolute atomic E-state index is 0.251. The van der Waals surface area contributed by atoms with E-state index in [0.29, 0.717) is 57.8 Å². The summed E-state index contributed by atoms with van der Waals surface area (Å²) in [7, 11) is -1.62. The van der Waals surface area contributed by atoms with Crippen LogP contribution in [0.25, 0.3) is 0 Å². The van der Waals surface area contributed by atoms with Gasteiger partial charge in [0.1, 0.15) is 0 Å². The molecular weight excluding hydrogens is 988 g/mol. The van der Waals surface area contributed by atoms with Crippen molar-refractivity contribution in [3.05, 3.63) is 0 Å². The van der Waals surface area contributed by atoms with E-state index in [0.717, 1.165) is 96.3 Å². The van der Waals surface area contributed by atoms with Gasteiger partial charge in [-0.05, 0) is 38.5 Å². The molecular formula is C48H90BBiO12. The third-order valence-corrected chi connectivity index (χ3v) is 15.4. The summed E-state index contributed by atoms with van der Waals surface area (Å²) in [6.45, 7) is 24.0. The number of unbranched alkanes of at least 4 members (excludes halogenated alkanes) is 6. The van der Waals surface area contributed by atoms with Crippen LogP contribution in [0.4, 0.5) is 0 Å². The van der Waals surface area contributed by atoms with Crippen molar-refractivity contribution in [2.24, 2.45) is 35.5 Å². The molecule has 0 aromatic carbocycles. The number of hydrogen-bond acceptors (Lipinski definition) is 12. The molecule has 0 aliphatic rings. The van der Waals surface area contributed by atoms with Crippen LogP contribution in [-0.2, 0) is 51.2 Å². The molecule has 0 aromatic rings. The van der Waals surface area contributed by atoms with Gasteiger partial charge in [0.15, 0.2) is 0 Å². The van der Waals surface area contributed by atoms with Crippen LogP contribution < -0.4 is 0 Å². The predicted octanol–water partition coefficient (Wildman–Crippen LogP) is 12.5. The van der Waals surface area contributed by atoms with Crippen LogP contribution in [0.3, 0.4) is 0 Å². The monoisotopic (exact) mass is 1080 g/mol. The Morgan fingerprint density at radius 3 is 0.661 bits per heavy atom. The summed E-state index contributed by atoms with van der Waals surface area (Å²) in [6.07, 6.45) is 19.5. The molecule has 0 bridgehead atoms. The van der Waals surface area contributed by atoms with Gasteiger partial charge in [0.2, 0.25) is 0 Å². The van der Waals surface area contributed by atoms with E-state index in [1.165, 1.54) is 0 Å². The fourth-order valence-corrected chi connectivity index (χ4v) is 10.7.